The van der Waals surface area contributed by atoms with Crippen molar-refractivity contribution in [3.8, 4) is 6.07 Å². The lowest BCUT2D eigenvalue weighted by molar-refractivity contribution is 0.287. The number of aliphatic imine (C=N–C) groups is 1. The Balaban J connectivity index is 3.75. The molecule has 1 atom stereocenters. The first-order chi connectivity index (χ1) is 4.70. The minimum Gasteiger partial charge on any atom is -0.393 e. The van der Waals surface area contributed by atoms with E-state index in [1.807, 2.05) is 19.9 Å². The van der Waals surface area contributed by atoms with Gasteiger partial charge in [-0.25, -0.2) is 0 Å². The molecule has 0 bridgehead atoms. The lowest BCUT2D eigenvalue weighted by Gasteiger charge is -1.97. The molecule has 0 unspecified atom stereocenters. The molecule has 3 nitrogen and oxygen atoms in total. The predicted octanol–water partition coefficient (Wildman–Crippen LogP) is 0.598. The summed E-state index contributed by atoms with van der Waals surface area (Å²) < 4.78 is 0. The molecule has 0 rings (SSSR count). The molecule has 0 aromatic carbocycles. The third-order valence-electron chi connectivity index (χ3n) is 0.886. The molecule has 3 heteroatoms. The summed E-state index contributed by atoms with van der Waals surface area (Å²) in [7, 11) is 0. The van der Waals surface area contributed by atoms with Gasteiger partial charge < -0.3 is 5.11 Å². The molecule has 0 aliphatic carbocycles. The van der Waals surface area contributed by atoms with Gasteiger partial charge in [-0.2, -0.15) is 5.26 Å². The van der Waals surface area contributed by atoms with Gasteiger partial charge in [0.15, 0.2) is 6.04 Å². The van der Waals surface area contributed by atoms with Crippen LogP contribution in [0.2, 0.25) is 0 Å². The van der Waals surface area contributed by atoms with E-state index in [9.17, 15) is 0 Å². The van der Waals surface area contributed by atoms with Gasteiger partial charge >= 0.3 is 0 Å². The highest BCUT2D eigenvalue weighted by Gasteiger charge is 1.99. The minimum atomic E-state index is -0.581. The molecule has 0 aromatic heterocycles. The van der Waals surface area contributed by atoms with Crippen LogP contribution in [0.25, 0.3) is 0 Å². The first-order valence-corrected chi connectivity index (χ1v) is 3.24. The number of aliphatic hydroxyl groups is 1. The van der Waals surface area contributed by atoms with Crippen LogP contribution in [-0.2, 0) is 0 Å². The van der Waals surface area contributed by atoms with Gasteiger partial charge in [-0.15, -0.1) is 0 Å². The summed E-state index contributed by atoms with van der Waals surface area (Å²) in [5.41, 5.74) is 0. The molecule has 0 spiro atoms. The Morgan fingerprint density at radius 1 is 1.70 bits per heavy atom. The van der Waals surface area contributed by atoms with E-state index in [1.54, 1.807) is 6.21 Å². The maximum atomic E-state index is 8.50. The van der Waals surface area contributed by atoms with Crippen molar-refractivity contribution in [2.45, 2.75) is 19.9 Å². The van der Waals surface area contributed by atoms with Crippen molar-refractivity contribution in [2.75, 3.05) is 6.61 Å². The van der Waals surface area contributed by atoms with Crippen LogP contribution in [0.3, 0.4) is 0 Å². The summed E-state index contributed by atoms with van der Waals surface area (Å²) in [6.07, 6.45) is 1.67. The van der Waals surface area contributed by atoms with Crippen molar-refractivity contribution >= 4 is 6.21 Å². The highest BCUT2D eigenvalue weighted by atomic mass is 16.3. The molecular weight excluding hydrogens is 128 g/mol. The van der Waals surface area contributed by atoms with Crippen LogP contribution < -0.4 is 0 Å². The molecule has 0 aliphatic heterocycles. The van der Waals surface area contributed by atoms with Crippen molar-refractivity contribution in [1.82, 2.24) is 0 Å². The van der Waals surface area contributed by atoms with Crippen LogP contribution in [0.4, 0.5) is 0 Å². The fourth-order valence-corrected chi connectivity index (χ4v) is 0.397. The molecule has 0 aromatic rings. The predicted molar refractivity (Wildman–Crippen MR) is 39.8 cm³/mol. The van der Waals surface area contributed by atoms with E-state index in [-0.39, 0.29) is 6.61 Å². The number of aliphatic hydroxyl groups excluding tert-OH is 1. The SMILES string of the molecule is CC(C)C=N[C@@H](C#N)CO. The van der Waals surface area contributed by atoms with Gasteiger partial charge in [0.05, 0.1) is 12.7 Å². The van der Waals surface area contributed by atoms with Gasteiger partial charge in [-0.3, -0.25) is 4.99 Å². The second kappa shape index (κ2) is 4.95. The second-order valence-electron chi connectivity index (χ2n) is 2.37. The Kier molecular flexibility index (Phi) is 4.51. The van der Waals surface area contributed by atoms with Crippen LogP contribution in [0, 0.1) is 17.2 Å². The third-order valence-corrected chi connectivity index (χ3v) is 0.886. The number of hydrogen-bond acceptors (Lipinski definition) is 3. The van der Waals surface area contributed by atoms with Gasteiger partial charge in [-0.05, 0) is 5.92 Å². The molecule has 0 fully saturated rings. The standard InChI is InChI=1S/C7H12N2O/c1-6(2)4-9-7(3-8)5-10/h4,6-7,10H,5H2,1-2H3/t7-/m0/s1. The van der Waals surface area contributed by atoms with E-state index < -0.39 is 6.04 Å². The van der Waals surface area contributed by atoms with E-state index in [0.717, 1.165) is 0 Å². The second-order valence-corrected chi connectivity index (χ2v) is 2.37. The van der Waals surface area contributed by atoms with Gasteiger partial charge in [0.1, 0.15) is 0 Å². The molecule has 0 saturated carbocycles. The van der Waals surface area contributed by atoms with Gasteiger partial charge in [0.2, 0.25) is 0 Å². The van der Waals surface area contributed by atoms with Crippen LogP contribution >= 0.6 is 0 Å². The summed E-state index contributed by atoms with van der Waals surface area (Å²) in [5, 5.41) is 16.8. The van der Waals surface area contributed by atoms with E-state index in [1.165, 1.54) is 0 Å². The number of rotatable bonds is 3. The minimum absolute atomic E-state index is 0.195. The average molecular weight is 140 g/mol. The van der Waals surface area contributed by atoms with E-state index >= 15 is 0 Å². The summed E-state index contributed by atoms with van der Waals surface area (Å²) in [6.45, 7) is 3.74. The van der Waals surface area contributed by atoms with Crippen LogP contribution in [-0.4, -0.2) is 24.0 Å². The zero-order valence-corrected chi connectivity index (χ0v) is 6.28. The number of nitriles is 1. The lowest BCUT2D eigenvalue weighted by Crippen LogP contribution is -2.07. The average Bonchev–Trinajstić information content (AvgIpc) is 1.90. The zero-order chi connectivity index (χ0) is 7.98. The van der Waals surface area contributed by atoms with Crippen LogP contribution in [0.1, 0.15) is 13.8 Å². The summed E-state index contributed by atoms with van der Waals surface area (Å²) in [5.74, 6) is 0.336. The third kappa shape index (κ3) is 4.04. The van der Waals surface area contributed by atoms with E-state index in [2.05, 4.69) is 4.99 Å². The van der Waals surface area contributed by atoms with Gasteiger partial charge in [0, 0.05) is 6.21 Å². The first kappa shape index (κ1) is 9.12. The molecule has 0 aliphatic rings. The van der Waals surface area contributed by atoms with Crippen molar-refractivity contribution < 1.29 is 5.11 Å². The molecule has 0 saturated heterocycles. The Labute approximate surface area is 61.0 Å². The lowest BCUT2D eigenvalue weighted by atomic mass is 10.2. The summed E-state index contributed by atoms with van der Waals surface area (Å²) in [6, 6.07) is 1.28. The molecule has 0 heterocycles. The molecule has 0 amide bonds. The van der Waals surface area contributed by atoms with E-state index in [0.29, 0.717) is 5.92 Å². The Hall–Kier alpha value is -0.880. The maximum absolute atomic E-state index is 8.50. The van der Waals surface area contributed by atoms with Crippen molar-refractivity contribution in [1.29, 1.82) is 5.26 Å². The summed E-state index contributed by atoms with van der Waals surface area (Å²) >= 11 is 0. The molecule has 10 heavy (non-hydrogen) atoms. The Morgan fingerprint density at radius 3 is 2.60 bits per heavy atom. The number of nitrogens with zero attached hydrogens (tertiary/aromatic N) is 2. The van der Waals surface area contributed by atoms with E-state index in [4.69, 9.17) is 10.4 Å². The fourth-order valence-electron chi connectivity index (χ4n) is 0.397. The zero-order valence-electron chi connectivity index (χ0n) is 6.28. The quantitative estimate of drug-likeness (QED) is 0.583. The Morgan fingerprint density at radius 2 is 2.30 bits per heavy atom. The normalized spacial score (nSPS) is 13.9. The smallest absolute Gasteiger partial charge is 0.159 e. The van der Waals surface area contributed by atoms with Gasteiger partial charge in [0.25, 0.3) is 0 Å². The number of hydrogen-bond donors (Lipinski definition) is 1. The Bertz CT molecular complexity index is 146. The van der Waals surface area contributed by atoms with Crippen LogP contribution in [0.15, 0.2) is 4.99 Å². The highest BCUT2D eigenvalue weighted by Crippen LogP contribution is 1.90. The molecular formula is C7H12N2O. The largest absolute Gasteiger partial charge is 0.393 e. The van der Waals surface area contributed by atoms with Crippen molar-refractivity contribution in [3.05, 3.63) is 0 Å². The monoisotopic (exact) mass is 140 g/mol. The molecule has 56 valence electrons. The van der Waals surface area contributed by atoms with Crippen molar-refractivity contribution in [2.24, 2.45) is 10.9 Å². The molecule has 1 N–H and O–H groups in total. The summed E-state index contributed by atoms with van der Waals surface area (Å²) in [4.78, 5) is 3.82. The molecule has 0 radical (unpaired) electrons. The van der Waals surface area contributed by atoms with Crippen molar-refractivity contribution in [3.63, 3.8) is 0 Å². The fraction of sp³-hybridized carbons (Fsp3) is 0.714. The highest BCUT2D eigenvalue weighted by molar-refractivity contribution is 5.60. The van der Waals surface area contributed by atoms with Gasteiger partial charge in [-0.1, -0.05) is 13.8 Å². The first-order valence-electron chi connectivity index (χ1n) is 3.24. The topological polar surface area (TPSA) is 56.4 Å². The van der Waals surface area contributed by atoms with Crippen LogP contribution in [0.5, 0.6) is 0 Å². The maximum Gasteiger partial charge on any atom is 0.159 e.